The molecule has 0 aromatic carbocycles. The number of aromatic nitrogens is 2. The molecule has 2 atom stereocenters. The van der Waals surface area contributed by atoms with Crippen molar-refractivity contribution in [3.63, 3.8) is 0 Å². The number of carbonyl (C=O) groups excluding carboxylic acids is 1. The molecule has 0 spiro atoms. The Morgan fingerprint density at radius 1 is 1.31 bits per heavy atom. The molecule has 2 fully saturated rings. The van der Waals surface area contributed by atoms with E-state index in [9.17, 15) is 4.79 Å². The van der Waals surface area contributed by atoms with Crippen molar-refractivity contribution in [2.45, 2.75) is 25.8 Å². The van der Waals surface area contributed by atoms with E-state index in [4.69, 9.17) is 9.15 Å². The van der Waals surface area contributed by atoms with E-state index in [0.29, 0.717) is 38.1 Å². The van der Waals surface area contributed by atoms with Gasteiger partial charge in [-0.2, -0.15) is 0 Å². The quantitative estimate of drug-likeness (QED) is 0.816. The molecule has 0 bridgehead atoms. The van der Waals surface area contributed by atoms with E-state index < -0.39 is 0 Å². The van der Waals surface area contributed by atoms with Crippen LogP contribution in [0.1, 0.15) is 31.7 Å². The highest BCUT2D eigenvalue weighted by Gasteiger charge is 2.33. The Bertz CT molecular complexity index is 727. The van der Waals surface area contributed by atoms with E-state index in [-0.39, 0.29) is 17.9 Å². The van der Waals surface area contributed by atoms with Crippen molar-refractivity contribution in [3.05, 3.63) is 23.4 Å². The molecule has 2 saturated heterocycles. The summed E-state index contributed by atoms with van der Waals surface area (Å²) in [6.45, 7) is 6.47. The molecule has 7 nitrogen and oxygen atoms in total. The van der Waals surface area contributed by atoms with Crippen LogP contribution in [0.5, 0.6) is 0 Å². The maximum absolute atomic E-state index is 12.8. The Balaban J connectivity index is 1.41. The van der Waals surface area contributed by atoms with Crippen molar-refractivity contribution in [2.24, 2.45) is 5.92 Å². The summed E-state index contributed by atoms with van der Waals surface area (Å²) >= 11 is 1.59. The summed E-state index contributed by atoms with van der Waals surface area (Å²) in [6, 6.07) is 3.96. The fourth-order valence-electron chi connectivity index (χ4n) is 3.66. The van der Waals surface area contributed by atoms with Gasteiger partial charge in [-0.05, 0) is 37.8 Å². The molecule has 0 radical (unpaired) electrons. The molecule has 0 N–H and O–H groups in total. The smallest absolute Gasteiger partial charge is 0.257 e. The topological polar surface area (TPSA) is 71.7 Å². The lowest BCUT2D eigenvalue weighted by atomic mass is 9.95. The number of hydrogen-bond donors (Lipinski definition) is 0. The van der Waals surface area contributed by atoms with Crippen molar-refractivity contribution in [1.29, 1.82) is 0 Å². The van der Waals surface area contributed by atoms with Crippen LogP contribution in [0.3, 0.4) is 0 Å². The Kier molecular flexibility index (Phi) is 5.33. The van der Waals surface area contributed by atoms with Gasteiger partial charge in [0.25, 0.3) is 5.89 Å². The average molecular weight is 376 g/mol. The molecule has 2 aromatic heterocycles. The van der Waals surface area contributed by atoms with Gasteiger partial charge < -0.3 is 14.1 Å². The van der Waals surface area contributed by atoms with Crippen LogP contribution in [0, 0.1) is 5.92 Å². The highest BCUT2D eigenvalue weighted by Crippen LogP contribution is 2.30. The van der Waals surface area contributed by atoms with Crippen molar-refractivity contribution < 1.29 is 13.9 Å². The SMILES string of the molecule is CC(c1nnc(-c2cccs2)o1)N1CCCC(C(=O)N2CCOCC2)C1. The van der Waals surface area contributed by atoms with E-state index >= 15 is 0 Å². The number of morpholine rings is 1. The third-order valence-corrected chi connectivity index (χ3v) is 6.06. The van der Waals surface area contributed by atoms with Crippen molar-refractivity contribution in [2.75, 3.05) is 39.4 Å². The minimum atomic E-state index is 0.0106. The first kappa shape index (κ1) is 17.6. The predicted molar refractivity (Wildman–Crippen MR) is 97.7 cm³/mol. The number of ether oxygens (including phenoxy) is 1. The zero-order chi connectivity index (χ0) is 17.9. The molecule has 2 unspecified atom stereocenters. The van der Waals surface area contributed by atoms with Crippen molar-refractivity contribution >= 4 is 17.2 Å². The molecular formula is C18H24N4O3S. The minimum absolute atomic E-state index is 0.0106. The van der Waals surface area contributed by atoms with Gasteiger partial charge in [0.2, 0.25) is 11.8 Å². The lowest BCUT2D eigenvalue weighted by Gasteiger charge is -2.37. The number of likely N-dealkylation sites (tertiary alicyclic amines) is 1. The number of amides is 1. The molecule has 0 saturated carbocycles. The molecule has 26 heavy (non-hydrogen) atoms. The largest absolute Gasteiger partial charge is 0.418 e. The second-order valence-corrected chi connectivity index (χ2v) is 7.82. The summed E-state index contributed by atoms with van der Waals surface area (Å²) < 4.78 is 11.2. The molecule has 2 aromatic rings. The third kappa shape index (κ3) is 3.67. The predicted octanol–water partition coefficient (Wildman–Crippen LogP) is 2.43. The van der Waals surface area contributed by atoms with Crippen molar-refractivity contribution in [1.82, 2.24) is 20.0 Å². The molecule has 1 amide bonds. The van der Waals surface area contributed by atoms with Crippen LogP contribution in [0.25, 0.3) is 10.8 Å². The second-order valence-electron chi connectivity index (χ2n) is 6.87. The Morgan fingerprint density at radius 3 is 2.92 bits per heavy atom. The van der Waals surface area contributed by atoms with Crippen LogP contribution in [-0.2, 0) is 9.53 Å². The van der Waals surface area contributed by atoms with E-state index in [2.05, 4.69) is 22.0 Å². The lowest BCUT2D eigenvalue weighted by molar-refractivity contribution is -0.141. The summed E-state index contributed by atoms with van der Waals surface area (Å²) in [5, 5.41) is 10.4. The van der Waals surface area contributed by atoms with Crippen LogP contribution in [0.2, 0.25) is 0 Å². The van der Waals surface area contributed by atoms with Crippen molar-refractivity contribution in [3.8, 4) is 10.8 Å². The summed E-state index contributed by atoms with van der Waals surface area (Å²) in [6.07, 6.45) is 1.96. The minimum Gasteiger partial charge on any atom is -0.418 e. The first-order chi connectivity index (χ1) is 12.7. The summed E-state index contributed by atoms with van der Waals surface area (Å²) in [5.41, 5.74) is 0. The highest BCUT2D eigenvalue weighted by molar-refractivity contribution is 7.13. The van der Waals surface area contributed by atoms with Gasteiger partial charge in [0.1, 0.15) is 0 Å². The van der Waals surface area contributed by atoms with Gasteiger partial charge in [0.15, 0.2) is 0 Å². The number of thiophene rings is 1. The Hall–Kier alpha value is -1.77. The van der Waals surface area contributed by atoms with Gasteiger partial charge >= 0.3 is 0 Å². The summed E-state index contributed by atoms with van der Waals surface area (Å²) in [5.74, 6) is 1.49. The zero-order valence-corrected chi connectivity index (χ0v) is 15.8. The van der Waals surface area contributed by atoms with Crippen LogP contribution < -0.4 is 0 Å². The summed E-state index contributed by atoms with van der Waals surface area (Å²) in [4.78, 5) is 18.0. The molecule has 4 heterocycles. The Labute approximate surface area is 156 Å². The number of nitrogens with zero attached hydrogens (tertiary/aromatic N) is 4. The fraction of sp³-hybridized carbons (Fsp3) is 0.611. The van der Waals surface area contributed by atoms with Crippen LogP contribution in [-0.4, -0.2) is 65.3 Å². The normalized spacial score (nSPS) is 23.1. The summed E-state index contributed by atoms with van der Waals surface area (Å²) in [7, 11) is 0. The molecule has 140 valence electrons. The van der Waals surface area contributed by atoms with E-state index in [1.54, 1.807) is 11.3 Å². The third-order valence-electron chi connectivity index (χ3n) is 5.20. The van der Waals surface area contributed by atoms with Crippen LogP contribution >= 0.6 is 11.3 Å². The maximum Gasteiger partial charge on any atom is 0.257 e. The molecular weight excluding hydrogens is 352 g/mol. The van der Waals surface area contributed by atoms with Crippen LogP contribution in [0.15, 0.2) is 21.9 Å². The van der Waals surface area contributed by atoms with E-state index in [1.807, 2.05) is 22.4 Å². The number of piperidine rings is 1. The zero-order valence-electron chi connectivity index (χ0n) is 15.0. The molecule has 0 aliphatic carbocycles. The van der Waals surface area contributed by atoms with Gasteiger partial charge in [-0.15, -0.1) is 21.5 Å². The fourth-order valence-corrected chi connectivity index (χ4v) is 4.31. The van der Waals surface area contributed by atoms with Crippen LogP contribution in [0.4, 0.5) is 0 Å². The maximum atomic E-state index is 12.8. The molecule has 8 heteroatoms. The van der Waals surface area contributed by atoms with Gasteiger partial charge in [0.05, 0.1) is 30.1 Å². The molecule has 2 aliphatic heterocycles. The van der Waals surface area contributed by atoms with Gasteiger partial charge in [0, 0.05) is 19.6 Å². The number of hydrogen-bond acceptors (Lipinski definition) is 7. The first-order valence-electron chi connectivity index (χ1n) is 9.20. The molecule has 4 rings (SSSR count). The molecule has 2 aliphatic rings. The first-order valence-corrected chi connectivity index (χ1v) is 10.1. The Morgan fingerprint density at radius 2 is 2.15 bits per heavy atom. The number of carbonyl (C=O) groups is 1. The monoisotopic (exact) mass is 376 g/mol. The van der Waals surface area contributed by atoms with E-state index in [0.717, 1.165) is 30.8 Å². The average Bonchev–Trinajstić information content (AvgIpc) is 3.39. The lowest BCUT2D eigenvalue weighted by Crippen LogP contribution is -2.48. The standard InChI is InChI=1S/C18H24N4O3S/c1-13(16-19-20-17(25-16)15-5-3-11-26-15)22-6-2-4-14(12-22)18(23)21-7-9-24-10-8-21/h3,5,11,13-14H,2,4,6-10,12H2,1H3. The number of rotatable bonds is 4. The highest BCUT2D eigenvalue weighted by atomic mass is 32.1. The van der Waals surface area contributed by atoms with Gasteiger partial charge in [-0.3, -0.25) is 9.69 Å². The second kappa shape index (κ2) is 7.85. The van der Waals surface area contributed by atoms with E-state index in [1.165, 1.54) is 0 Å². The van der Waals surface area contributed by atoms with Gasteiger partial charge in [-0.1, -0.05) is 6.07 Å². The van der Waals surface area contributed by atoms with Gasteiger partial charge in [-0.25, -0.2) is 0 Å².